The Balaban J connectivity index is 1.73. The molecule has 0 N–H and O–H groups in total. The van der Waals surface area contributed by atoms with Gasteiger partial charge in [-0.2, -0.15) is 19.7 Å². The Morgan fingerprint density at radius 2 is 2.20 bits per heavy atom. The van der Waals surface area contributed by atoms with E-state index in [-0.39, 0.29) is 11.6 Å². The first kappa shape index (κ1) is 15.7. The Morgan fingerprint density at radius 3 is 3.00 bits per heavy atom. The van der Waals surface area contributed by atoms with Gasteiger partial charge in [0.1, 0.15) is 12.1 Å². The van der Waals surface area contributed by atoms with E-state index >= 15 is 0 Å². The van der Waals surface area contributed by atoms with Crippen molar-refractivity contribution in [1.29, 1.82) is 0 Å². The second kappa shape index (κ2) is 6.27. The van der Waals surface area contributed by atoms with Gasteiger partial charge in [0.15, 0.2) is 0 Å². The van der Waals surface area contributed by atoms with Gasteiger partial charge in [-0.25, -0.2) is 9.67 Å². The molecule has 1 atom stereocenters. The number of rotatable bonds is 4. The molecule has 0 bridgehead atoms. The van der Waals surface area contributed by atoms with Gasteiger partial charge in [-0.1, -0.05) is 13.8 Å². The minimum absolute atomic E-state index is 0.0714. The van der Waals surface area contributed by atoms with Crippen molar-refractivity contribution >= 4 is 11.6 Å². The predicted molar refractivity (Wildman–Crippen MR) is 93.7 cm³/mol. The van der Waals surface area contributed by atoms with Crippen LogP contribution < -0.4 is 10.5 Å². The van der Waals surface area contributed by atoms with Crippen LogP contribution >= 0.6 is 0 Å². The summed E-state index contributed by atoms with van der Waals surface area (Å²) in [6, 6.07) is 5.50. The lowest BCUT2D eigenvalue weighted by molar-refractivity contribution is 0.485. The highest BCUT2D eigenvalue weighted by Crippen LogP contribution is 2.28. The van der Waals surface area contributed by atoms with E-state index in [4.69, 9.17) is 0 Å². The molecule has 1 saturated heterocycles. The quantitative estimate of drug-likeness (QED) is 0.716. The average molecular weight is 339 g/mol. The van der Waals surface area contributed by atoms with Crippen molar-refractivity contribution in [3.8, 4) is 0 Å². The largest absolute Gasteiger partial charge is 0.352 e. The summed E-state index contributed by atoms with van der Waals surface area (Å²) in [6.07, 6.45) is 5.27. The molecule has 0 aromatic carbocycles. The molecule has 0 radical (unpaired) electrons. The summed E-state index contributed by atoms with van der Waals surface area (Å²) in [5, 5.41) is 8.54. The van der Waals surface area contributed by atoms with Gasteiger partial charge in [-0.05, 0) is 24.8 Å². The third kappa shape index (κ3) is 2.88. The van der Waals surface area contributed by atoms with Crippen LogP contribution in [0.25, 0.3) is 5.78 Å². The van der Waals surface area contributed by atoms with Crippen LogP contribution in [0, 0.1) is 0 Å². The number of nitrogens with zero attached hydrogens (tertiary/aromatic N) is 7. The van der Waals surface area contributed by atoms with E-state index in [1.54, 1.807) is 22.8 Å². The van der Waals surface area contributed by atoms with Crippen molar-refractivity contribution in [2.45, 2.75) is 45.2 Å². The van der Waals surface area contributed by atoms with Crippen LogP contribution in [-0.4, -0.2) is 41.9 Å². The van der Waals surface area contributed by atoms with Gasteiger partial charge in [0, 0.05) is 24.9 Å². The molecule has 8 nitrogen and oxygen atoms in total. The zero-order valence-electron chi connectivity index (χ0n) is 14.4. The van der Waals surface area contributed by atoms with E-state index in [1.165, 1.54) is 11.0 Å². The van der Waals surface area contributed by atoms with Crippen LogP contribution in [0.4, 0.5) is 5.82 Å². The van der Waals surface area contributed by atoms with Gasteiger partial charge in [0.2, 0.25) is 0 Å². The van der Waals surface area contributed by atoms with Crippen molar-refractivity contribution in [2.75, 3.05) is 11.4 Å². The second-order valence-electron chi connectivity index (χ2n) is 6.70. The Labute approximate surface area is 145 Å². The first-order valence-electron chi connectivity index (χ1n) is 8.63. The Morgan fingerprint density at radius 1 is 1.32 bits per heavy atom. The summed E-state index contributed by atoms with van der Waals surface area (Å²) < 4.78 is 3.32. The fraction of sp³-hybridized carbons (Fsp3) is 0.471. The highest BCUT2D eigenvalue weighted by Gasteiger charge is 2.28. The van der Waals surface area contributed by atoms with Gasteiger partial charge in [0.25, 0.3) is 11.3 Å². The lowest BCUT2D eigenvalue weighted by Crippen LogP contribution is -2.38. The van der Waals surface area contributed by atoms with E-state index in [9.17, 15) is 4.79 Å². The molecular weight excluding hydrogens is 318 g/mol. The summed E-state index contributed by atoms with van der Waals surface area (Å²) in [7, 11) is 0. The van der Waals surface area contributed by atoms with Gasteiger partial charge in [-0.3, -0.25) is 4.79 Å². The molecule has 0 amide bonds. The number of anilines is 1. The molecule has 1 aliphatic heterocycles. The number of hydrogen-bond donors (Lipinski definition) is 0. The first-order valence-corrected chi connectivity index (χ1v) is 8.63. The maximum Gasteiger partial charge on any atom is 0.266 e. The fourth-order valence-electron chi connectivity index (χ4n) is 3.37. The fourth-order valence-corrected chi connectivity index (χ4v) is 3.37. The molecule has 25 heavy (non-hydrogen) atoms. The van der Waals surface area contributed by atoms with Crippen molar-refractivity contribution in [2.24, 2.45) is 0 Å². The Kier molecular flexibility index (Phi) is 3.95. The van der Waals surface area contributed by atoms with Crippen LogP contribution in [0.1, 0.15) is 38.3 Å². The molecule has 4 rings (SSSR count). The summed E-state index contributed by atoms with van der Waals surface area (Å²) in [4.78, 5) is 23.2. The van der Waals surface area contributed by atoms with Gasteiger partial charge < -0.3 is 4.90 Å². The average Bonchev–Trinajstić information content (AvgIpc) is 3.25. The molecule has 1 fully saturated rings. The molecule has 0 saturated carbocycles. The van der Waals surface area contributed by atoms with E-state index < -0.39 is 0 Å². The van der Waals surface area contributed by atoms with Crippen molar-refractivity contribution in [3.63, 3.8) is 0 Å². The van der Waals surface area contributed by atoms with Crippen LogP contribution in [0.2, 0.25) is 0 Å². The Bertz CT molecular complexity index is 945. The number of aromatic nitrogens is 6. The van der Waals surface area contributed by atoms with E-state index in [1.807, 2.05) is 0 Å². The molecule has 0 spiro atoms. The van der Waals surface area contributed by atoms with Crippen molar-refractivity contribution < 1.29 is 0 Å². The van der Waals surface area contributed by atoms with E-state index in [0.29, 0.717) is 18.2 Å². The number of fused-ring (bicyclic) bond motifs is 1. The maximum atomic E-state index is 12.0. The smallest absolute Gasteiger partial charge is 0.266 e. The van der Waals surface area contributed by atoms with Crippen LogP contribution in [0.3, 0.4) is 0 Å². The van der Waals surface area contributed by atoms with Crippen LogP contribution in [0.15, 0.2) is 35.5 Å². The summed E-state index contributed by atoms with van der Waals surface area (Å²) in [5.41, 5.74) is 0.925. The molecular formula is C17H21N7O. The summed E-state index contributed by atoms with van der Waals surface area (Å²) in [6.45, 7) is 5.72. The van der Waals surface area contributed by atoms with Crippen molar-refractivity contribution in [1.82, 2.24) is 29.4 Å². The number of hydrogen-bond acceptors (Lipinski definition) is 6. The molecule has 1 aliphatic rings. The highest BCUT2D eigenvalue weighted by molar-refractivity contribution is 5.49. The lowest BCUT2D eigenvalue weighted by Gasteiger charge is -2.27. The monoisotopic (exact) mass is 339 g/mol. The summed E-state index contributed by atoms with van der Waals surface area (Å²) >= 11 is 0. The van der Waals surface area contributed by atoms with E-state index in [2.05, 4.69) is 45.0 Å². The van der Waals surface area contributed by atoms with Gasteiger partial charge in [0.05, 0.1) is 18.3 Å². The SMILES string of the molecule is CC(C)c1cc(N2CCCC2Cn2ncccc2=O)n2ncnc2n1. The lowest BCUT2D eigenvalue weighted by atomic mass is 10.1. The molecule has 130 valence electrons. The van der Waals surface area contributed by atoms with Crippen molar-refractivity contribution in [3.05, 3.63) is 46.8 Å². The van der Waals surface area contributed by atoms with Gasteiger partial charge in [-0.15, -0.1) is 0 Å². The predicted octanol–water partition coefficient (Wildman–Crippen LogP) is 1.47. The standard InChI is InChI=1S/C17H21N7O/c1-12(2)14-9-15(24-17(21-14)18-11-20-24)22-8-4-5-13(22)10-23-16(25)6-3-7-19-23/h3,6-7,9,11-13H,4-5,8,10H2,1-2H3. The van der Waals surface area contributed by atoms with Crippen LogP contribution in [0.5, 0.6) is 0 Å². The minimum atomic E-state index is -0.0714. The second-order valence-corrected chi connectivity index (χ2v) is 6.70. The van der Waals surface area contributed by atoms with Crippen LogP contribution in [-0.2, 0) is 6.54 Å². The molecule has 8 heteroatoms. The van der Waals surface area contributed by atoms with E-state index in [0.717, 1.165) is 30.9 Å². The third-order valence-electron chi connectivity index (χ3n) is 4.68. The normalized spacial score (nSPS) is 17.7. The molecule has 0 aliphatic carbocycles. The van der Waals surface area contributed by atoms with Gasteiger partial charge >= 0.3 is 0 Å². The molecule has 3 aromatic heterocycles. The first-order chi connectivity index (χ1) is 12.1. The molecule has 4 heterocycles. The maximum absolute atomic E-state index is 12.0. The highest BCUT2D eigenvalue weighted by atomic mass is 16.1. The minimum Gasteiger partial charge on any atom is -0.352 e. The zero-order chi connectivity index (χ0) is 17.4. The Hall–Kier alpha value is -2.77. The molecule has 3 aromatic rings. The molecule has 1 unspecified atom stereocenters. The topological polar surface area (TPSA) is 81.2 Å². The zero-order valence-corrected chi connectivity index (χ0v) is 14.4. The summed E-state index contributed by atoms with van der Waals surface area (Å²) in [5.74, 6) is 1.90. The third-order valence-corrected chi connectivity index (χ3v) is 4.68.